The van der Waals surface area contributed by atoms with Gasteiger partial charge in [-0.1, -0.05) is 30.2 Å². The highest BCUT2D eigenvalue weighted by Crippen LogP contribution is 2.24. The molecule has 1 saturated carbocycles. The van der Waals surface area contributed by atoms with Crippen molar-refractivity contribution in [3.8, 4) is 0 Å². The van der Waals surface area contributed by atoms with Gasteiger partial charge >= 0.3 is 6.03 Å². The summed E-state index contributed by atoms with van der Waals surface area (Å²) in [7, 11) is 1.60. The zero-order chi connectivity index (χ0) is 15.9. The number of ether oxygens (including phenoxy) is 1. The second kappa shape index (κ2) is 8.36. The molecule has 0 aromatic heterocycles. The number of nitrogens with one attached hydrogen (secondary N) is 2. The molecule has 1 aliphatic rings. The molecule has 2 amide bonds. The van der Waals surface area contributed by atoms with E-state index in [2.05, 4.69) is 10.6 Å². The predicted octanol–water partition coefficient (Wildman–Crippen LogP) is 2.49. The standard InChI is InChI=1S/C16H23ClN2O3/c1-22-15(11-5-7-13(17)8-6-11)10-19-16(21)18-9-12-3-2-4-14(12)20/h5-8,12,14-15,20H,2-4,9-10H2,1H3,(H2,18,19,21)/t12-,14+,15+/m0/s1. The fraction of sp³-hybridized carbons (Fsp3) is 0.562. The number of aliphatic hydroxyl groups is 1. The van der Waals surface area contributed by atoms with Crippen LogP contribution in [0.4, 0.5) is 4.79 Å². The number of hydrogen-bond acceptors (Lipinski definition) is 3. The molecule has 3 N–H and O–H groups in total. The van der Waals surface area contributed by atoms with E-state index in [4.69, 9.17) is 16.3 Å². The van der Waals surface area contributed by atoms with Crippen molar-refractivity contribution in [2.45, 2.75) is 31.5 Å². The van der Waals surface area contributed by atoms with E-state index in [9.17, 15) is 9.90 Å². The largest absolute Gasteiger partial charge is 0.393 e. The van der Waals surface area contributed by atoms with Crippen LogP contribution in [-0.4, -0.2) is 37.4 Å². The van der Waals surface area contributed by atoms with Crippen molar-refractivity contribution < 1.29 is 14.6 Å². The number of hydrogen-bond donors (Lipinski definition) is 3. The SMILES string of the molecule is CO[C@H](CNC(=O)NC[C@@H]1CCC[C@H]1O)c1ccc(Cl)cc1. The number of aliphatic hydroxyl groups excluding tert-OH is 1. The molecule has 0 bridgehead atoms. The lowest BCUT2D eigenvalue weighted by atomic mass is 10.1. The lowest BCUT2D eigenvalue weighted by molar-refractivity contribution is 0.103. The Morgan fingerprint density at radius 3 is 2.68 bits per heavy atom. The summed E-state index contributed by atoms with van der Waals surface area (Å²) in [5.41, 5.74) is 0.957. The summed E-state index contributed by atoms with van der Waals surface area (Å²) < 4.78 is 5.40. The van der Waals surface area contributed by atoms with E-state index in [0.29, 0.717) is 18.1 Å². The maximum atomic E-state index is 11.8. The number of rotatable bonds is 6. The van der Waals surface area contributed by atoms with Crippen molar-refractivity contribution in [1.82, 2.24) is 10.6 Å². The van der Waals surface area contributed by atoms with Crippen molar-refractivity contribution in [2.24, 2.45) is 5.92 Å². The number of benzene rings is 1. The monoisotopic (exact) mass is 326 g/mol. The summed E-state index contributed by atoms with van der Waals surface area (Å²) in [6.07, 6.45) is 2.31. The van der Waals surface area contributed by atoms with Crippen LogP contribution in [0.2, 0.25) is 5.02 Å². The Morgan fingerprint density at radius 2 is 2.09 bits per heavy atom. The van der Waals surface area contributed by atoms with Gasteiger partial charge in [0.1, 0.15) is 0 Å². The molecule has 122 valence electrons. The second-order valence-electron chi connectivity index (χ2n) is 5.63. The van der Waals surface area contributed by atoms with Crippen LogP contribution >= 0.6 is 11.6 Å². The molecule has 5 nitrogen and oxygen atoms in total. The van der Waals surface area contributed by atoms with E-state index in [1.165, 1.54) is 0 Å². The third kappa shape index (κ3) is 4.87. The minimum absolute atomic E-state index is 0.167. The first-order valence-corrected chi connectivity index (χ1v) is 7.96. The van der Waals surface area contributed by atoms with Gasteiger partial charge in [0.15, 0.2) is 0 Å². The molecule has 3 atom stereocenters. The molecule has 0 spiro atoms. The second-order valence-corrected chi connectivity index (χ2v) is 6.06. The van der Waals surface area contributed by atoms with Crippen LogP contribution < -0.4 is 10.6 Å². The molecular formula is C16H23ClN2O3. The van der Waals surface area contributed by atoms with Gasteiger partial charge in [-0.15, -0.1) is 0 Å². The molecule has 6 heteroatoms. The fourth-order valence-corrected chi connectivity index (χ4v) is 2.87. The van der Waals surface area contributed by atoms with Crippen LogP contribution in [-0.2, 0) is 4.74 Å². The van der Waals surface area contributed by atoms with E-state index >= 15 is 0 Å². The molecule has 1 aromatic rings. The van der Waals surface area contributed by atoms with E-state index in [1.54, 1.807) is 19.2 Å². The van der Waals surface area contributed by atoms with Gasteiger partial charge in [0.2, 0.25) is 0 Å². The molecule has 0 aliphatic heterocycles. The number of halogens is 1. The van der Waals surface area contributed by atoms with Crippen LogP contribution in [0.1, 0.15) is 30.9 Å². The summed E-state index contributed by atoms with van der Waals surface area (Å²) in [6.45, 7) is 0.878. The van der Waals surface area contributed by atoms with Crippen molar-refractivity contribution in [3.05, 3.63) is 34.9 Å². The number of carbonyl (C=O) groups excluding carboxylic acids is 1. The van der Waals surface area contributed by atoms with E-state index in [-0.39, 0.29) is 24.2 Å². The van der Waals surface area contributed by atoms with Gasteiger partial charge in [0.25, 0.3) is 0 Å². The van der Waals surface area contributed by atoms with Crippen molar-refractivity contribution in [3.63, 3.8) is 0 Å². The van der Waals surface area contributed by atoms with Gasteiger partial charge in [0.05, 0.1) is 12.2 Å². The van der Waals surface area contributed by atoms with E-state index < -0.39 is 0 Å². The molecule has 1 fully saturated rings. The van der Waals surface area contributed by atoms with E-state index in [0.717, 1.165) is 24.8 Å². The summed E-state index contributed by atoms with van der Waals surface area (Å²) in [5.74, 6) is 0.167. The van der Waals surface area contributed by atoms with Gasteiger partial charge in [-0.3, -0.25) is 0 Å². The highest BCUT2D eigenvalue weighted by atomic mass is 35.5. The van der Waals surface area contributed by atoms with Crippen LogP contribution in [0.5, 0.6) is 0 Å². The highest BCUT2D eigenvalue weighted by Gasteiger charge is 2.25. The smallest absolute Gasteiger partial charge is 0.314 e. The van der Waals surface area contributed by atoms with Crippen molar-refractivity contribution >= 4 is 17.6 Å². The topological polar surface area (TPSA) is 70.6 Å². The maximum Gasteiger partial charge on any atom is 0.314 e. The molecule has 1 aliphatic carbocycles. The Labute approximate surface area is 136 Å². The molecular weight excluding hydrogens is 304 g/mol. The van der Waals surface area contributed by atoms with Crippen LogP contribution in [0.3, 0.4) is 0 Å². The van der Waals surface area contributed by atoms with Gasteiger partial charge in [0, 0.05) is 31.1 Å². The first kappa shape index (κ1) is 17.1. The average molecular weight is 327 g/mol. The molecule has 0 unspecified atom stereocenters. The molecule has 22 heavy (non-hydrogen) atoms. The summed E-state index contributed by atoms with van der Waals surface area (Å²) in [5, 5.41) is 16.0. The number of carbonyl (C=O) groups is 1. The van der Waals surface area contributed by atoms with Gasteiger partial charge in [-0.2, -0.15) is 0 Å². The Hall–Kier alpha value is -1.30. The Kier molecular flexibility index (Phi) is 6.49. The third-order valence-corrected chi connectivity index (χ3v) is 4.37. The van der Waals surface area contributed by atoms with Crippen LogP contribution in [0, 0.1) is 5.92 Å². The number of amides is 2. The zero-order valence-electron chi connectivity index (χ0n) is 12.7. The molecule has 0 radical (unpaired) electrons. The number of urea groups is 1. The summed E-state index contributed by atoms with van der Waals surface area (Å²) in [4.78, 5) is 11.8. The minimum atomic E-state index is -0.291. The zero-order valence-corrected chi connectivity index (χ0v) is 13.5. The normalized spacial score (nSPS) is 22.3. The summed E-state index contributed by atoms with van der Waals surface area (Å²) >= 11 is 5.86. The quantitative estimate of drug-likeness (QED) is 0.752. The minimum Gasteiger partial charge on any atom is -0.393 e. The van der Waals surface area contributed by atoms with Crippen molar-refractivity contribution in [2.75, 3.05) is 20.2 Å². The fourth-order valence-electron chi connectivity index (χ4n) is 2.74. The van der Waals surface area contributed by atoms with Gasteiger partial charge in [-0.05, 0) is 30.5 Å². The van der Waals surface area contributed by atoms with Crippen molar-refractivity contribution in [1.29, 1.82) is 0 Å². The van der Waals surface area contributed by atoms with Crippen LogP contribution in [0.15, 0.2) is 24.3 Å². The van der Waals surface area contributed by atoms with Gasteiger partial charge in [-0.25, -0.2) is 4.79 Å². The van der Waals surface area contributed by atoms with E-state index in [1.807, 2.05) is 12.1 Å². The third-order valence-electron chi connectivity index (χ3n) is 4.12. The molecule has 0 saturated heterocycles. The lowest BCUT2D eigenvalue weighted by Crippen LogP contribution is -2.41. The number of methoxy groups -OCH3 is 1. The Morgan fingerprint density at radius 1 is 1.36 bits per heavy atom. The Bertz CT molecular complexity index is 481. The average Bonchev–Trinajstić information content (AvgIpc) is 2.92. The summed E-state index contributed by atoms with van der Waals surface area (Å²) in [6, 6.07) is 7.11. The highest BCUT2D eigenvalue weighted by molar-refractivity contribution is 6.30. The van der Waals surface area contributed by atoms with Gasteiger partial charge < -0.3 is 20.5 Å². The molecule has 2 rings (SSSR count). The lowest BCUT2D eigenvalue weighted by Gasteiger charge is -2.18. The maximum absolute atomic E-state index is 11.8. The molecule has 1 aromatic carbocycles. The Balaban J connectivity index is 1.75. The molecule has 0 heterocycles. The first-order chi connectivity index (χ1) is 10.6. The first-order valence-electron chi connectivity index (χ1n) is 7.58. The predicted molar refractivity (Wildman–Crippen MR) is 86.0 cm³/mol. The van der Waals surface area contributed by atoms with Crippen LogP contribution in [0.25, 0.3) is 0 Å².